The van der Waals surface area contributed by atoms with Crippen molar-refractivity contribution in [1.29, 1.82) is 0 Å². The molecular weight excluding hydrogens is 299 g/mol. The Morgan fingerprint density at radius 1 is 1.41 bits per heavy atom. The summed E-state index contributed by atoms with van der Waals surface area (Å²) in [7, 11) is 0. The molecule has 0 aliphatic heterocycles. The Morgan fingerprint density at radius 2 is 2.06 bits per heavy atom. The first-order valence-corrected chi connectivity index (χ1v) is 5.92. The van der Waals surface area contributed by atoms with Gasteiger partial charge >= 0.3 is 6.18 Å². The fourth-order valence-corrected chi connectivity index (χ4v) is 1.64. The van der Waals surface area contributed by atoms with E-state index in [0.29, 0.717) is 10.9 Å². The van der Waals surface area contributed by atoms with Crippen molar-refractivity contribution in [2.45, 2.75) is 25.6 Å². The predicted molar refractivity (Wildman–Crippen MR) is 63.9 cm³/mol. The van der Waals surface area contributed by atoms with E-state index in [1.54, 1.807) is 6.92 Å². The Hall–Kier alpha value is -0.750. The summed E-state index contributed by atoms with van der Waals surface area (Å²) in [6.07, 6.45) is -4.57. The van der Waals surface area contributed by atoms with E-state index in [1.807, 2.05) is 0 Å². The lowest BCUT2D eigenvalue weighted by Gasteiger charge is -2.16. The average molecular weight is 312 g/mol. The molecule has 0 aliphatic rings. The van der Waals surface area contributed by atoms with Gasteiger partial charge in [0.15, 0.2) is 0 Å². The SMILES string of the molecule is CCC(O)CNc1cc(Br)ccc1C(F)(F)F. The molecule has 0 radical (unpaired) electrons. The molecule has 96 valence electrons. The minimum Gasteiger partial charge on any atom is -0.391 e. The maximum Gasteiger partial charge on any atom is 0.418 e. The summed E-state index contributed by atoms with van der Waals surface area (Å²) >= 11 is 3.12. The molecule has 2 N–H and O–H groups in total. The van der Waals surface area contributed by atoms with E-state index < -0.39 is 17.8 Å². The van der Waals surface area contributed by atoms with Gasteiger partial charge < -0.3 is 10.4 Å². The summed E-state index contributed by atoms with van der Waals surface area (Å²) in [6.45, 7) is 1.86. The Kier molecular flexibility index (Phi) is 4.82. The van der Waals surface area contributed by atoms with Gasteiger partial charge in [-0.3, -0.25) is 0 Å². The smallest absolute Gasteiger partial charge is 0.391 e. The summed E-state index contributed by atoms with van der Waals surface area (Å²) in [5.41, 5.74) is -0.761. The molecule has 0 saturated carbocycles. The standard InChI is InChI=1S/C11H13BrF3NO/c1-2-8(17)6-16-10-5-7(12)3-4-9(10)11(13,14)15/h3-5,8,16-17H,2,6H2,1H3. The third-order valence-electron chi connectivity index (χ3n) is 2.29. The van der Waals surface area contributed by atoms with Gasteiger partial charge in [0.05, 0.1) is 11.7 Å². The Bertz CT molecular complexity index is 381. The largest absolute Gasteiger partial charge is 0.418 e. The maximum atomic E-state index is 12.7. The molecule has 1 aromatic rings. The number of benzene rings is 1. The van der Waals surface area contributed by atoms with E-state index in [2.05, 4.69) is 21.2 Å². The molecule has 17 heavy (non-hydrogen) atoms. The second-order valence-corrected chi connectivity index (χ2v) is 4.55. The van der Waals surface area contributed by atoms with Crippen LogP contribution in [0.1, 0.15) is 18.9 Å². The Labute approximate surface area is 106 Å². The first-order valence-electron chi connectivity index (χ1n) is 5.13. The molecule has 0 heterocycles. The highest BCUT2D eigenvalue weighted by molar-refractivity contribution is 9.10. The molecule has 0 fully saturated rings. The van der Waals surface area contributed by atoms with Gasteiger partial charge in [0.25, 0.3) is 0 Å². The van der Waals surface area contributed by atoms with E-state index in [1.165, 1.54) is 12.1 Å². The summed E-state index contributed by atoms with van der Waals surface area (Å²) in [4.78, 5) is 0. The monoisotopic (exact) mass is 311 g/mol. The molecule has 0 bridgehead atoms. The van der Waals surface area contributed by atoms with Crippen molar-refractivity contribution in [1.82, 2.24) is 0 Å². The van der Waals surface area contributed by atoms with E-state index in [9.17, 15) is 18.3 Å². The molecule has 1 atom stereocenters. The minimum absolute atomic E-state index is 0.0284. The second-order valence-electron chi connectivity index (χ2n) is 3.63. The average Bonchev–Trinajstić information content (AvgIpc) is 2.24. The van der Waals surface area contributed by atoms with Crippen molar-refractivity contribution in [3.8, 4) is 0 Å². The highest BCUT2D eigenvalue weighted by atomic mass is 79.9. The van der Waals surface area contributed by atoms with Gasteiger partial charge in [-0.2, -0.15) is 13.2 Å². The normalized spacial score (nSPS) is 13.5. The molecule has 1 rings (SSSR count). The van der Waals surface area contributed by atoms with E-state index in [-0.39, 0.29) is 12.2 Å². The number of hydrogen-bond acceptors (Lipinski definition) is 2. The molecule has 0 spiro atoms. The zero-order valence-electron chi connectivity index (χ0n) is 9.18. The van der Waals surface area contributed by atoms with Gasteiger partial charge in [0.2, 0.25) is 0 Å². The maximum absolute atomic E-state index is 12.7. The van der Waals surface area contributed by atoms with Crippen LogP contribution in [-0.2, 0) is 6.18 Å². The van der Waals surface area contributed by atoms with Crippen molar-refractivity contribution >= 4 is 21.6 Å². The molecule has 1 unspecified atom stereocenters. The highest BCUT2D eigenvalue weighted by Gasteiger charge is 2.33. The first-order chi connectivity index (χ1) is 7.84. The lowest BCUT2D eigenvalue weighted by atomic mass is 10.1. The summed E-state index contributed by atoms with van der Waals surface area (Å²) in [6, 6.07) is 3.69. The van der Waals surface area contributed by atoms with Crippen molar-refractivity contribution < 1.29 is 18.3 Å². The van der Waals surface area contributed by atoms with Crippen LogP contribution < -0.4 is 5.32 Å². The number of rotatable bonds is 4. The van der Waals surface area contributed by atoms with Gasteiger partial charge in [-0.1, -0.05) is 22.9 Å². The highest BCUT2D eigenvalue weighted by Crippen LogP contribution is 2.36. The van der Waals surface area contributed by atoms with Crippen LogP contribution in [0, 0.1) is 0 Å². The van der Waals surface area contributed by atoms with Crippen molar-refractivity contribution in [2.24, 2.45) is 0 Å². The molecular formula is C11H13BrF3NO. The summed E-state index contributed by atoms with van der Waals surface area (Å²) in [5.74, 6) is 0. The van der Waals surface area contributed by atoms with Crippen LogP contribution in [0.3, 0.4) is 0 Å². The van der Waals surface area contributed by atoms with Crippen LogP contribution in [-0.4, -0.2) is 17.8 Å². The summed E-state index contributed by atoms with van der Waals surface area (Å²) < 4.78 is 38.6. The minimum atomic E-state index is -4.40. The predicted octanol–water partition coefficient (Wildman–Crippen LogP) is 3.65. The van der Waals surface area contributed by atoms with E-state index >= 15 is 0 Å². The zero-order chi connectivity index (χ0) is 13.1. The lowest BCUT2D eigenvalue weighted by Crippen LogP contribution is -2.20. The number of aliphatic hydroxyl groups excluding tert-OH is 1. The number of hydrogen-bond donors (Lipinski definition) is 2. The van der Waals surface area contributed by atoms with E-state index in [0.717, 1.165) is 6.07 Å². The number of aliphatic hydroxyl groups is 1. The molecule has 6 heteroatoms. The quantitative estimate of drug-likeness (QED) is 0.889. The second kappa shape index (κ2) is 5.73. The van der Waals surface area contributed by atoms with Gasteiger partial charge in [-0.05, 0) is 24.6 Å². The lowest BCUT2D eigenvalue weighted by molar-refractivity contribution is -0.137. The zero-order valence-corrected chi connectivity index (χ0v) is 10.8. The van der Waals surface area contributed by atoms with E-state index in [4.69, 9.17) is 0 Å². The van der Waals surface area contributed by atoms with Gasteiger partial charge in [0.1, 0.15) is 0 Å². The fourth-order valence-electron chi connectivity index (χ4n) is 1.28. The number of nitrogens with one attached hydrogen (secondary N) is 1. The van der Waals surface area contributed by atoms with Crippen LogP contribution in [0.4, 0.5) is 18.9 Å². The molecule has 0 amide bonds. The van der Waals surface area contributed by atoms with Gasteiger partial charge in [-0.15, -0.1) is 0 Å². The third-order valence-corrected chi connectivity index (χ3v) is 2.78. The van der Waals surface area contributed by atoms with Gasteiger partial charge in [0, 0.05) is 16.7 Å². The molecule has 1 aromatic carbocycles. The molecule has 2 nitrogen and oxygen atoms in total. The molecule has 0 aromatic heterocycles. The van der Waals surface area contributed by atoms with Crippen LogP contribution in [0.25, 0.3) is 0 Å². The van der Waals surface area contributed by atoms with Crippen LogP contribution in [0.2, 0.25) is 0 Å². The third kappa shape index (κ3) is 4.20. The summed E-state index contributed by atoms with van der Waals surface area (Å²) in [5, 5.41) is 11.9. The van der Waals surface area contributed by atoms with Crippen LogP contribution >= 0.6 is 15.9 Å². The number of alkyl halides is 3. The van der Waals surface area contributed by atoms with Crippen molar-refractivity contribution in [2.75, 3.05) is 11.9 Å². The fraction of sp³-hybridized carbons (Fsp3) is 0.455. The number of halogens is 4. The number of anilines is 1. The Morgan fingerprint density at radius 3 is 2.59 bits per heavy atom. The molecule has 0 aliphatic carbocycles. The molecule has 0 saturated heterocycles. The van der Waals surface area contributed by atoms with Crippen LogP contribution in [0.5, 0.6) is 0 Å². The van der Waals surface area contributed by atoms with Gasteiger partial charge in [-0.25, -0.2) is 0 Å². The Balaban J connectivity index is 2.92. The van der Waals surface area contributed by atoms with Crippen molar-refractivity contribution in [3.05, 3.63) is 28.2 Å². The van der Waals surface area contributed by atoms with Crippen molar-refractivity contribution in [3.63, 3.8) is 0 Å². The first kappa shape index (κ1) is 14.3. The van der Waals surface area contributed by atoms with Crippen LogP contribution in [0.15, 0.2) is 22.7 Å². The topological polar surface area (TPSA) is 32.3 Å².